The number of fused-ring (bicyclic) bond motifs is 1. The second kappa shape index (κ2) is 10.4. The van der Waals surface area contributed by atoms with Gasteiger partial charge in [-0.15, -0.1) is 0 Å². The predicted octanol–water partition coefficient (Wildman–Crippen LogP) is 4.21. The third-order valence-corrected chi connectivity index (χ3v) is 6.99. The van der Waals surface area contributed by atoms with E-state index < -0.39 is 6.43 Å². The summed E-state index contributed by atoms with van der Waals surface area (Å²) < 4.78 is 31.5. The van der Waals surface area contributed by atoms with Gasteiger partial charge in [0.05, 0.1) is 22.5 Å². The van der Waals surface area contributed by atoms with E-state index in [2.05, 4.69) is 33.2 Å². The van der Waals surface area contributed by atoms with E-state index in [4.69, 9.17) is 0 Å². The highest BCUT2D eigenvalue weighted by Crippen LogP contribution is 2.33. The molecular weight excluding hydrogens is 476 g/mol. The van der Waals surface area contributed by atoms with Gasteiger partial charge in [-0.1, -0.05) is 30.3 Å². The van der Waals surface area contributed by atoms with Crippen molar-refractivity contribution in [3.8, 4) is 11.3 Å². The number of aromatic nitrogens is 5. The molecule has 0 atom stereocenters. The Morgan fingerprint density at radius 3 is 2.41 bits per heavy atom. The van der Waals surface area contributed by atoms with E-state index in [0.717, 1.165) is 37.4 Å². The van der Waals surface area contributed by atoms with Crippen molar-refractivity contribution in [1.82, 2.24) is 34.3 Å². The summed E-state index contributed by atoms with van der Waals surface area (Å²) in [5.74, 6) is -0.0930. The van der Waals surface area contributed by atoms with Crippen LogP contribution in [0.5, 0.6) is 0 Å². The molecule has 1 aromatic carbocycles. The molecule has 0 N–H and O–H groups in total. The van der Waals surface area contributed by atoms with Gasteiger partial charge in [-0.2, -0.15) is 10.2 Å². The van der Waals surface area contributed by atoms with Crippen LogP contribution in [0.1, 0.15) is 35.9 Å². The molecule has 1 amide bonds. The van der Waals surface area contributed by atoms with Crippen molar-refractivity contribution in [3.63, 3.8) is 0 Å². The molecule has 0 unspecified atom stereocenters. The zero-order valence-corrected chi connectivity index (χ0v) is 21.4. The highest BCUT2D eigenvalue weighted by molar-refractivity contribution is 5.87. The summed E-state index contributed by atoms with van der Waals surface area (Å²) in [4.78, 5) is 22.0. The van der Waals surface area contributed by atoms with Crippen LogP contribution in [0.25, 0.3) is 22.3 Å². The van der Waals surface area contributed by atoms with Crippen molar-refractivity contribution >= 4 is 16.9 Å². The fourth-order valence-corrected chi connectivity index (χ4v) is 4.93. The first kappa shape index (κ1) is 25.0. The maximum Gasteiger partial charge on any atom is 0.264 e. The molecule has 10 heteroatoms. The SMILES string of the molecule is CCn1cc(CN2CCN(C(=O)Cn3nc(C)c4c(C(F)F)cc(-c5ccccc5)nc43)CC2)c(C)n1. The van der Waals surface area contributed by atoms with Crippen molar-refractivity contribution < 1.29 is 13.6 Å². The number of carbonyl (C=O) groups excluding carboxylic acids is 1. The second-order valence-corrected chi connectivity index (χ2v) is 9.46. The fraction of sp³-hybridized carbons (Fsp3) is 0.407. The van der Waals surface area contributed by atoms with Crippen LogP contribution in [0, 0.1) is 13.8 Å². The first-order valence-electron chi connectivity index (χ1n) is 12.6. The molecule has 1 aliphatic heterocycles. The number of amides is 1. The average Bonchev–Trinajstić information content (AvgIpc) is 3.42. The molecule has 3 aromatic heterocycles. The lowest BCUT2D eigenvalue weighted by Crippen LogP contribution is -2.49. The number of carbonyl (C=O) groups is 1. The number of alkyl halides is 2. The van der Waals surface area contributed by atoms with Crippen LogP contribution < -0.4 is 0 Å². The molecule has 1 aliphatic rings. The lowest BCUT2D eigenvalue weighted by Gasteiger charge is -2.34. The van der Waals surface area contributed by atoms with Crippen molar-refractivity contribution in [2.45, 2.75) is 46.8 Å². The normalized spacial score (nSPS) is 14.7. The molecule has 1 fully saturated rings. The van der Waals surface area contributed by atoms with Gasteiger partial charge in [-0.25, -0.2) is 18.4 Å². The molecule has 4 heterocycles. The minimum Gasteiger partial charge on any atom is -0.339 e. The summed E-state index contributed by atoms with van der Waals surface area (Å²) in [6.45, 7) is 10.1. The third-order valence-electron chi connectivity index (χ3n) is 6.99. The summed E-state index contributed by atoms with van der Waals surface area (Å²) in [5, 5.41) is 9.28. The first-order valence-corrected chi connectivity index (χ1v) is 12.6. The standard InChI is InChI=1S/C27H31F2N7O/c1-4-35-16-21(18(2)31-35)15-33-10-12-34(13-11-33)24(37)17-36-27-25(19(3)32-36)22(26(28)29)14-23(30-27)20-8-6-5-7-9-20/h5-9,14,16,26H,4,10-13,15,17H2,1-3H3. The number of benzene rings is 1. The predicted molar refractivity (Wildman–Crippen MR) is 137 cm³/mol. The third kappa shape index (κ3) is 5.11. The van der Waals surface area contributed by atoms with Crippen LogP contribution in [0.3, 0.4) is 0 Å². The molecule has 0 radical (unpaired) electrons. The van der Waals surface area contributed by atoms with Crippen molar-refractivity contribution in [3.05, 3.63) is 65.1 Å². The van der Waals surface area contributed by atoms with E-state index in [9.17, 15) is 13.6 Å². The Morgan fingerprint density at radius 2 is 1.76 bits per heavy atom. The highest BCUT2D eigenvalue weighted by atomic mass is 19.3. The largest absolute Gasteiger partial charge is 0.339 e. The number of halogens is 2. The zero-order chi connectivity index (χ0) is 26.1. The molecule has 1 saturated heterocycles. The highest BCUT2D eigenvalue weighted by Gasteiger charge is 2.25. The lowest BCUT2D eigenvalue weighted by atomic mass is 10.1. The molecule has 0 bridgehead atoms. The number of hydrogen-bond acceptors (Lipinski definition) is 5. The molecule has 194 valence electrons. The van der Waals surface area contributed by atoms with Gasteiger partial charge in [0.1, 0.15) is 6.54 Å². The van der Waals surface area contributed by atoms with Crippen molar-refractivity contribution in [2.75, 3.05) is 26.2 Å². The smallest absolute Gasteiger partial charge is 0.264 e. The Hall–Kier alpha value is -3.66. The Labute approximate surface area is 214 Å². The van der Waals surface area contributed by atoms with E-state index in [1.807, 2.05) is 46.8 Å². The second-order valence-electron chi connectivity index (χ2n) is 9.46. The maximum atomic E-state index is 14.0. The molecule has 0 spiro atoms. The summed E-state index contributed by atoms with van der Waals surface area (Å²) in [7, 11) is 0. The molecule has 4 aromatic rings. The van der Waals surface area contributed by atoms with Crippen LogP contribution in [-0.4, -0.2) is 66.4 Å². The summed E-state index contributed by atoms with van der Waals surface area (Å²) in [6.07, 6.45) is -0.594. The first-order chi connectivity index (χ1) is 17.8. The Balaban J connectivity index is 1.32. The minimum atomic E-state index is -2.68. The van der Waals surface area contributed by atoms with Gasteiger partial charge in [0.2, 0.25) is 5.91 Å². The molecule has 0 saturated carbocycles. The van der Waals surface area contributed by atoms with Gasteiger partial charge in [-0.3, -0.25) is 14.4 Å². The van der Waals surface area contributed by atoms with Gasteiger partial charge in [0.25, 0.3) is 6.43 Å². The van der Waals surface area contributed by atoms with Gasteiger partial charge >= 0.3 is 0 Å². The van der Waals surface area contributed by atoms with E-state index in [-0.39, 0.29) is 18.0 Å². The van der Waals surface area contributed by atoms with Crippen molar-refractivity contribution in [1.29, 1.82) is 0 Å². The Morgan fingerprint density at radius 1 is 1.03 bits per heavy atom. The molecule has 8 nitrogen and oxygen atoms in total. The number of hydrogen-bond donors (Lipinski definition) is 0. The summed E-state index contributed by atoms with van der Waals surface area (Å²) in [6, 6.07) is 10.6. The van der Waals surface area contributed by atoms with E-state index in [1.54, 1.807) is 6.92 Å². The minimum absolute atomic E-state index is 0.0410. The Bertz CT molecular complexity index is 1410. The zero-order valence-electron chi connectivity index (χ0n) is 21.4. The van der Waals surface area contributed by atoms with E-state index in [0.29, 0.717) is 35.5 Å². The monoisotopic (exact) mass is 507 g/mol. The molecule has 37 heavy (non-hydrogen) atoms. The van der Waals surface area contributed by atoms with Crippen molar-refractivity contribution in [2.24, 2.45) is 0 Å². The molecule has 0 aliphatic carbocycles. The topological polar surface area (TPSA) is 72.1 Å². The summed E-state index contributed by atoms with van der Waals surface area (Å²) >= 11 is 0. The van der Waals surface area contributed by atoms with Crippen LogP contribution in [0.15, 0.2) is 42.6 Å². The fourth-order valence-electron chi connectivity index (χ4n) is 4.93. The van der Waals surface area contributed by atoms with Gasteiger partial charge in [0, 0.05) is 62.2 Å². The van der Waals surface area contributed by atoms with E-state index in [1.165, 1.54) is 16.3 Å². The molecule has 5 rings (SSSR count). The van der Waals surface area contributed by atoms with Gasteiger partial charge < -0.3 is 4.90 Å². The van der Waals surface area contributed by atoms with Crippen LogP contribution in [0.4, 0.5) is 8.78 Å². The number of pyridine rings is 1. The summed E-state index contributed by atoms with van der Waals surface area (Å²) in [5.41, 5.74) is 4.05. The quantitative estimate of drug-likeness (QED) is 0.375. The van der Waals surface area contributed by atoms with Crippen LogP contribution in [-0.2, 0) is 24.4 Å². The average molecular weight is 508 g/mol. The Kier molecular flexibility index (Phi) is 7.01. The van der Waals surface area contributed by atoms with Gasteiger partial charge in [0.15, 0.2) is 5.65 Å². The number of aryl methyl sites for hydroxylation is 3. The lowest BCUT2D eigenvalue weighted by molar-refractivity contribution is -0.133. The number of rotatable bonds is 7. The van der Waals surface area contributed by atoms with Crippen LogP contribution in [0.2, 0.25) is 0 Å². The van der Waals surface area contributed by atoms with Crippen LogP contribution >= 0.6 is 0 Å². The van der Waals surface area contributed by atoms with E-state index >= 15 is 0 Å². The number of nitrogens with zero attached hydrogens (tertiary/aromatic N) is 7. The molecular formula is C27H31F2N7O. The maximum absolute atomic E-state index is 14.0. The van der Waals surface area contributed by atoms with Gasteiger partial charge in [-0.05, 0) is 26.8 Å². The number of piperazine rings is 1.